The lowest BCUT2D eigenvalue weighted by Crippen LogP contribution is -2.39. The van der Waals surface area contributed by atoms with Crippen molar-refractivity contribution in [1.29, 1.82) is 0 Å². The Bertz CT molecular complexity index is 476. The van der Waals surface area contributed by atoms with Gasteiger partial charge in [0.15, 0.2) is 0 Å². The zero-order valence-corrected chi connectivity index (χ0v) is 13.6. The van der Waals surface area contributed by atoms with Gasteiger partial charge in [0.1, 0.15) is 5.69 Å². The fourth-order valence-electron chi connectivity index (χ4n) is 3.02. The molecule has 5 nitrogen and oxygen atoms in total. The van der Waals surface area contributed by atoms with Gasteiger partial charge in [-0.25, -0.2) is 0 Å². The number of hydrogen-bond donors (Lipinski definition) is 1. The lowest BCUT2D eigenvalue weighted by molar-refractivity contribution is 0.0682. The third-order valence-electron chi connectivity index (χ3n) is 4.20. The maximum absolute atomic E-state index is 12.6. The predicted molar refractivity (Wildman–Crippen MR) is 84.9 cm³/mol. The lowest BCUT2D eigenvalue weighted by atomic mass is 10.1. The van der Waals surface area contributed by atoms with Gasteiger partial charge in [-0.3, -0.25) is 9.48 Å². The van der Waals surface area contributed by atoms with Crippen LogP contribution >= 0.6 is 12.4 Å². The minimum Gasteiger partial charge on any atom is -0.332 e. The molecule has 2 fully saturated rings. The molecule has 1 unspecified atom stereocenters. The molecule has 0 radical (unpaired) electrons. The normalized spacial score (nSPS) is 22.0. The van der Waals surface area contributed by atoms with Crippen molar-refractivity contribution in [2.75, 3.05) is 13.1 Å². The first-order valence-corrected chi connectivity index (χ1v) is 7.75. The van der Waals surface area contributed by atoms with Crippen LogP contribution in [0.3, 0.4) is 0 Å². The summed E-state index contributed by atoms with van der Waals surface area (Å²) in [7, 11) is 0. The third-order valence-corrected chi connectivity index (χ3v) is 4.20. The largest absolute Gasteiger partial charge is 0.332 e. The Morgan fingerprint density at radius 1 is 1.43 bits per heavy atom. The van der Waals surface area contributed by atoms with E-state index >= 15 is 0 Å². The molecule has 3 rings (SSSR count). The first kappa shape index (κ1) is 16.3. The Labute approximate surface area is 132 Å². The number of halogens is 1. The van der Waals surface area contributed by atoms with E-state index < -0.39 is 0 Å². The second-order valence-electron chi connectivity index (χ2n) is 6.22. The molecule has 1 atom stereocenters. The van der Waals surface area contributed by atoms with Crippen LogP contribution in [0.25, 0.3) is 0 Å². The van der Waals surface area contributed by atoms with Crippen molar-refractivity contribution in [3.63, 3.8) is 0 Å². The van der Waals surface area contributed by atoms with Crippen LogP contribution in [-0.2, 0) is 0 Å². The Morgan fingerprint density at radius 3 is 2.76 bits per heavy atom. The zero-order chi connectivity index (χ0) is 14.1. The van der Waals surface area contributed by atoms with Gasteiger partial charge in [-0.2, -0.15) is 5.10 Å². The molecule has 0 bridgehead atoms. The maximum Gasteiger partial charge on any atom is 0.274 e. The van der Waals surface area contributed by atoms with E-state index in [-0.39, 0.29) is 24.4 Å². The van der Waals surface area contributed by atoms with Gasteiger partial charge in [0.2, 0.25) is 0 Å². The molecule has 1 aliphatic carbocycles. The van der Waals surface area contributed by atoms with E-state index in [1.807, 2.05) is 21.8 Å². The molecule has 2 heterocycles. The number of aromatic nitrogens is 2. The number of carbonyl (C=O) groups is 1. The molecule has 21 heavy (non-hydrogen) atoms. The van der Waals surface area contributed by atoms with Crippen LogP contribution in [0.4, 0.5) is 0 Å². The molecule has 1 N–H and O–H groups in total. The first-order chi connectivity index (χ1) is 9.66. The summed E-state index contributed by atoms with van der Waals surface area (Å²) >= 11 is 0. The average Bonchev–Trinajstić information content (AvgIpc) is 3.14. The predicted octanol–water partition coefficient (Wildman–Crippen LogP) is 2.24. The van der Waals surface area contributed by atoms with Gasteiger partial charge in [0, 0.05) is 24.8 Å². The highest BCUT2D eigenvalue weighted by molar-refractivity contribution is 5.92. The monoisotopic (exact) mass is 312 g/mol. The van der Waals surface area contributed by atoms with Crippen LogP contribution in [0.5, 0.6) is 0 Å². The summed E-state index contributed by atoms with van der Waals surface area (Å²) in [4.78, 5) is 14.6. The molecule has 1 aliphatic heterocycles. The molecule has 6 heteroatoms. The quantitative estimate of drug-likeness (QED) is 0.927. The van der Waals surface area contributed by atoms with E-state index in [1.54, 1.807) is 0 Å². The Hall–Kier alpha value is -1.07. The molecular formula is C15H25ClN4O. The molecule has 1 aromatic rings. The topological polar surface area (TPSA) is 50.2 Å². The summed E-state index contributed by atoms with van der Waals surface area (Å²) in [5.41, 5.74) is 0.594. The van der Waals surface area contributed by atoms with Crippen LogP contribution < -0.4 is 5.32 Å². The van der Waals surface area contributed by atoms with E-state index in [1.165, 1.54) is 6.42 Å². The highest BCUT2D eigenvalue weighted by Crippen LogP contribution is 2.30. The summed E-state index contributed by atoms with van der Waals surface area (Å²) < 4.78 is 1.96. The molecule has 118 valence electrons. The summed E-state index contributed by atoms with van der Waals surface area (Å²) in [6, 6.07) is 2.94. The second-order valence-corrected chi connectivity index (χ2v) is 6.22. The second kappa shape index (κ2) is 6.79. The van der Waals surface area contributed by atoms with Crippen molar-refractivity contribution in [3.8, 4) is 0 Å². The molecule has 2 aliphatic rings. The smallest absolute Gasteiger partial charge is 0.274 e. The van der Waals surface area contributed by atoms with Gasteiger partial charge >= 0.3 is 0 Å². The number of nitrogens with zero attached hydrogens (tertiary/aromatic N) is 3. The zero-order valence-electron chi connectivity index (χ0n) is 12.8. The molecule has 1 aromatic heterocycles. The van der Waals surface area contributed by atoms with Gasteiger partial charge in [-0.15, -0.1) is 12.4 Å². The van der Waals surface area contributed by atoms with Crippen LogP contribution in [0, 0.1) is 0 Å². The van der Waals surface area contributed by atoms with Gasteiger partial charge < -0.3 is 10.2 Å². The van der Waals surface area contributed by atoms with Crippen molar-refractivity contribution in [3.05, 3.63) is 18.0 Å². The van der Waals surface area contributed by atoms with Crippen LogP contribution in [0.15, 0.2) is 12.3 Å². The summed E-state index contributed by atoms with van der Waals surface area (Å²) in [6.07, 6.45) is 6.54. The Morgan fingerprint density at radius 2 is 2.19 bits per heavy atom. The van der Waals surface area contributed by atoms with E-state index in [0.29, 0.717) is 17.8 Å². The molecule has 0 aromatic carbocycles. The van der Waals surface area contributed by atoms with Crippen LogP contribution in [-0.4, -0.2) is 45.8 Å². The summed E-state index contributed by atoms with van der Waals surface area (Å²) in [6.45, 7) is 6.20. The van der Waals surface area contributed by atoms with Gasteiger partial charge in [0.05, 0.1) is 6.04 Å². The van der Waals surface area contributed by atoms with E-state index in [0.717, 1.165) is 32.4 Å². The lowest BCUT2D eigenvalue weighted by Gasteiger charge is -2.26. The number of rotatable bonds is 4. The SMILES string of the molecule is CC(C)N(C(=O)c1ccn(C2CCCNC2)n1)C1CC1.Cl. The number of carbonyl (C=O) groups excluding carboxylic acids is 1. The van der Waals surface area contributed by atoms with Crippen molar-refractivity contribution in [1.82, 2.24) is 20.0 Å². The highest BCUT2D eigenvalue weighted by Gasteiger charge is 2.35. The minimum atomic E-state index is 0. The number of nitrogens with one attached hydrogen (secondary N) is 1. The summed E-state index contributed by atoms with van der Waals surface area (Å²) in [5, 5.41) is 7.92. The van der Waals surface area contributed by atoms with Crippen LogP contribution in [0.2, 0.25) is 0 Å². The van der Waals surface area contributed by atoms with Crippen molar-refractivity contribution in [2.45, 2.75) is 57.7 Å². The molecule has 1 saturated carbocycles. The maximum atomic E-state index is 12.6. The number of hydrogen-bond acceptors (Lipinski definition) is 3. The van der Waals surface area contributed by atoms with Crippen molar-refractivity contribution in [2.24, 2.45) is 0 Å². The third kappa shape index (κ3) is 3.58. The standard InChI is InChI=1S/C15H24N4O.ClH/c1-11(2)19(12-5-6-12)15(20)14-7-9-18(17-14)13-4-3-8-16-10-13;/h7,9,11-13,16H,3-6,8,10H2,1-2H3;1H. The molecular weight excluding hydrogens is 288 g/mol. The average molecular weight is 313 g/mol. The van der Waals surface area contributed by atoms with Crippen molar-refractivity contribution >= 4 is 18.3 Å². The van der Waals surface area contributed by atoms with E-state index in [9.17, 15) is 4.79 Å². The van der Waals surface area contributed by atoms with Gasteiger partial charge in [-0.05, 0) is 52.1 Å². The number of piperidine rings is 1. The van der Waals surface area contributed by atoms with Crippen molar-refractivity contribution < 1.29 is 4.79 Å². The first-order valence-electron chi connectivity index (χ1n) is 7.75. The molecule has 1 amide bonds. The fraction of sp³-hybridized carbons (Fsp3) is 0.733. The Balaban J connectivity index is 0.00000161. The minimum absolute atomic E-state index is 0. The Kier molecular flexibility index (Phi) is 5.27. The molecule has 0 spiro atoms. The van der Waals surface area contributed by atoms with E-state index in [4.69, 9.17) is 0 Å². The van der Waals surface area contributed by atoms with Gasteiger partial charge in [-0.1, -0.05) is 0 Å². The van der Waals surface area contributed by atoms with E-state index in [2.05, 4.69) is 24.3 Å². The number of amides is 1. The van der Waals surface area contributed by atoms with Crippen LogP contribution in [0.1, 0.15) is 56.1 Å². The highest BCUT2D eigenvalue weighted by atomic mass is 35.5. The fourth-order valence-corrected chi connectivity index (χ4v) is 3.02. The molecule has 1 saturated heterocycles. The summed E-state index contributed by atoms with van der Waals surface area (Å²) in [5.74, 6) is 0.0880. The van der Waals surface area contributed by atoms with Gasteiger partial charge in [0.25, 0.3) is 5.91 Å².